The van der Waals surface area contributed by atoms with Gasteiger partial charge in [-0.2, -0.15) is 0 Å². The highest BCUT2D eigenvalue weighted by Crippen LogP contribution is 2.27. The number of rotatable bonds is 8. The van der Waals surface area contributed by atoms with Gasteiger partial charge in [-0.15, -0.1) is 0 Å². The van der Waals surface area contributed by atoms with Gasteiger partial charge in [0.2, 0.25) is 0 Å². The van der Waals surface area contributed by atoms with Crippen LogP contribution in [0.15, 0.2) is 47.5 Å². The van der Waals surface area contributed by atoms with E-state index in [2.05, 4.69) is 15.6 Å². The summed E-state index contributed by atoms with van der Waals surface area (Å²) >= 11 is 0. The van der Waals surface area contributed by atoms with Gasteiger partial charge in [0.25, 0.3) is 0 Å². The van der Waals surface area contributed by atoms with Crippen LogP contribution >= 0.6 is 0 Å². The maximum absolute atomic E-state index is 13.1. The Labute approximate surface area is 159 Å². The quantitative estimate of drug-likeness (QED) is 0.549. The van der Waals surface area contributed by atoms with Crippen LogP contribution in [0, 0.1) is 5.82 Å². The summed E-state index contributed by atoms with van der Waals surface area (Å²) in [6, 6.07) is 12.0. The number of nitrogens with one attached hydrogen (secondary N) is 2. The summed E-state index contributed by atoms with van der Waals surface area (Å²) in [5.74, 6) is 1.73. The van der Waals surface area contributed by atoms with E-state index >= 15 is 0 Å². The van der Waals surface area contributed by atoms with Gasteiger partial charge in [0.15, 0.2) is 17.5 Å². The average Bonchev–Trinajstić information content (AvgIpc) is 2.71. The van der Waals surface area contributed by atoms with Gasteiger partial charge in [-0.25, -0.2) is 4.39 Å². The standard InChI is InChI=1S/C20H26FN3O3/c1-22-20(23-12-14-5-10-17(25-2)18(11-14)26-3)24-13-19(27-4)15-6-8-16(21)9-7-15/h5-11,19H,12-13H2,1-4H3,(H2,22,23,24). The van der Waals surface area contributed by atoms with Crippen molar-refractivity contribution in [3.63, 3.8) is 0 Å². The van der Waals surface area contributed by atoms with Crippen molar-refractivity contribution in [1.82, 2.24) is 10.6 Å². The molecule has 27 heavy (non-hydrogen) atoms. The zero-order valence-corrected chi connectivity index (χ0v) is 16.1. The summed E-state index contributed by atoms with van der Waals surface area (Å²) in [7, 11) is 6.53. The molecule has 0 saturated carbocycles. The first-order valence-electron chi connectivity index (χ1n) is 8.55. The summed E-state index contributed by atoms with van der Waals surface area (Å²) in [5.41, 5.74) is 1.92. The zero-order chi connectivity index (χ0) is 19.6. The number of aliphatic imine (C=N–C) groups is 1. The van der Waals surface area contributed by atoms with Gasteiger partial charge in [0.1, 0.15) is 5.82 Å². The Kier molecular flexibility index (Phi) is 7.88. The molecule has 1 atom stereocenters. The second-order valence-corrected chi connectivity index (χ2v) is 5.77. The van der Waals surface area contributed by atoms with Crippen LogP contribution in [0.3, 0.4) is 0 Å². The normalized spacial score (nSPS) is 12.4. The number of guanidine groups is 1. The van der Waals surface area contributed by atoms with Gasteiger partial charge in [0.05, 0.1) is 20.3 Å². The van der Waals surface area contributed by atoms with Crippen molar-refractivity contribution in [2.45, 2.75) is 12.6 Å². The predicted octanol–water partition coefficient (Wildman–Crippen LogP) is 2.90. The fourth-order valence-electron chi connectivity index (χ4n) is 2.60. The number of nitrogens with zero attached hydrogens (tertiary/aromatic N) is 1. The summed E-state index contributed by atoms with van der Waals surface area (Å²) in [6.07, 6.45) is -0.217. The SMILES string of the molecule is CN=C(NCc1ccc(OC)c(OC)c1)NCC(OC)c1ccc(F)cc1. The molecule has 2 rings (SSSR count). The lowest BCUT2D eigenvalue weighted by atomic mass is 10.1. The zero-order valence-electron chi connectivity index (χ0n) is 16.1. The highest BCUT2D eigenvalue weighted by atomic mass is 19.1. The third kappa shape index (κ3) is 5.86. The molecular weight excluding hydrogens is 349 g/mol. The molecule has 0 aliphatic carbocycles. The van der Waals surface area contributed by atoms with Gasteiger partial charge >= 0.3 is 0 Å². The number of hydrogen-bond acceptors (Lipinski definition) is 4. The van der Waals surface area contributed by atoms with Crippen LogP contribution in [-0.4, -0.2) is 40.9 Å². The van der Waals surface area contributed by atoms with Crippen LogP contribution in [-0.2, 0) is 11.3 Å². The van der Waals surface area contributed by atoms with Crippen LogP contribution in [0.5, 0.6) is 11.5 Å². The molecule has 0 fully saturated rings. The van der Waals surface area contributed by atoms with Crippen molar-refractivity contribution >= 4 is 5.96 Å². The van der Waals surface area contributed by atoms with Gasteiger partial charge in [0, 0.05) is 27.2 Å². The van der Waals surface area contributed by atoms with E-state index in [9.17, 15) is 4.39 Å². The van der Waals surface area contributed by atoms with Crippen molar-refractivity contribution in [3.8, 4) is 11.5 Å². The van der Waals surface area contributed by atoms with Crippen molar-refractivity contribution in [1.29, 1.82) is 0 Å². The van der Waals surface area contributed by atoms with Crippen LogP contribution < -0.4 is 20.1 Å². The molecule has 0 aromatic heterocycles. The van der Waals surface area contributed by atoms with Crippen molar-refractivity contribution in [3.05, 3.63) is 59.4 Å². The Hall–Kier alpha value is -2.80. The maximum Gasteiger partial charge on any atom is 0.191 e. The van der Waals surface area contributed by atoms with Crippen molar-refractivity contribution < 1.29 is 18.6 Å². The van der Waals surface area contributed by atoms with Crippen molar-refractivity contribution in [2.24, 2.45) is 4.99 Å². The lowest BCUT2D eigenvalue weighted by molar-refractivity contribution is 0.106. The molecule has 2 aromatic rings. The van der Waals surface area contributed by atoms with E-state index in [1.807, 2.05) is 18.2 Å². The minimum atomic E-state index is -0.269. The average molecular weight is 375 g/mol. The smallest absolute Gasteiger partial charge is 0.191 e. The van der Waals surface area contributed by atoms with E-state index in [4.69, 9.17) is 14.2 Å². The first-order valence-corrected chi connectivity index (χ1v) is 8.55. The first-order chi connectivity index (χ1) is 13.1. The fourth-order valence-corrected chi connectivity index (χ4v) is 2.60. The van der Waals surface area contributed by atoms with E-state index in [0.29, 0.717) is 30.5 Å². The molecule has 0 aliphatic rings. The number of halogens is 1. The van der Waals surface area contributed by atoms with Gasteiger partial charge in [-0.3, -0.25) is 4.99 Å². The molecule has 0 amide bonds. The van der Waals surface area contributed by atoms with E-state index < -0.39 is 0 Å². The molecule has 0 aliphatic heterocycles. The van der Waals surface area contributed by atoms with Crippen LogP contribution in [0.25, 0.3) is 0 Å². The molecule has 0 spiro atoms. The topological polar surface area (TPSA) is 64.1 Å². The molecule has 1 unspecified atom stereocenters. The van der Waals surface area contributed by atoms with E-state index in [1.54, 1.807) is 40.5 Å². The third-order valence-electron chi connectivity index (χ3n) is 4.11. The summed E-state index contributed by atoms with van der Waals surface area (Å²) in [6.45, 7) is 1.06. The Balaban J connectivity index is 1.92. The minimum absolute atomic E-state index is 0.217. The Bertz CT molecular complexity index is 751. The largest absolute Gasteiger partial charge is 0.493 e. The molecule has 0 saturated heterocycles. The molecule has 0 radical (unpaired) electrons. The Morgan fingerprint density at radius 2 is 1.70 bits per heavy atom. The Morgan fingerprint density at radius 1 is 1.00 bits per heavy atom. The number of benzene rings is 2. The molecule has 146 valence electrons. The van der Waals surface area contributed by atoms with E-state index in [0.717, 1.165) is 11.1 Å². The number of hydrogen-bond donors (Lipinski definition) is 2. The van der Waals surface area contributed by atoms with Gasteiger partial charge < -0.3 is 24.8 Å². The summed E-state index contributed by atoms with van der Waals surface area (Å²) in [4.78, 5) is 4.22. The van der Waals surface area contributed by atoms with E-state index in [1.165, 1.54) is 12.1 Å². The monoisotopic (exact) mass is 375 g/mol. The second-order valence-electron chi connectivity index (χ2n) is 5.77. The minimum Gasteiger partial charge on any atom is -0.493 e. The molecule has 6 nitrogen and oxygen atoms in total. The van der Waals surface area contributed by atoms with Gasteiger partial charge in [-0.05, 0) is 35.4 Å². The lowest BCUT2D eigenvalue weighted by Crippen LogP contribution is -2.39. The van der Waals surface area contributed by atoms with Crippen LogP contribution in [0.4, 0.5) is 4.39 Å². The number of methoxy groups -OCH3 is 3. The second kappa shape index (κ2) is 10.4. The summed E-state index contributed by atoms with van der Waals surface area (Å²) in [5, 5.41) is 6.46. The lowest BCUT2D eigenvalue weighted by Gasteiger charge is -2.19. The maximum atomic E-state index is 13.1. The van der Waals surface area contributed by atoms with Gasteiger partial charge in [-0.1, -0.05) is 18.2 Å². The molecule has 0 bridgehead atoms. The molecule has 7 heteroatoms. The van der Waals surface area contributed by atoms with E-state index in [-0.39, 0.29) is 11.9 Å². The first kappa shape index (κ1) is 20.5. The third-order valence-corrected chi connectivity index (χ3v) is 4.11. The van der Waals surface area contributed by atoms with Crippen LogP contribution in [0.1, 0.15) is 17.2 Å². The highest BCUT2D eigenvalue weighted by molar-refractivity contribution is 5.79. The predicted molar refractivity (Wildman–Crippen MR) is 104 cm³/mol. The highest BCUT2D eigenvalue weighted by Gasteiger charge is 2.12. The molecule has 2 N–H and O–H groups in total. The van der Waals surface area contributed by atoms with Crippen LogP contribution in [0.2, 0.25) is 0 Å². The Morgan fingerprint density at radius 3 is 2.30 bits per heavy atom. The fraction of sp³-hybridized carbons (Fsp3) is 0.350. The van der Waals surface area contributed by atoms with Crippen molar-refractivity contribution in [2.75, 3.05) is 34.9 Å². The summed E-state index contributed by atoms with van der Waals surface area (Å²) < 4.78 is 29.1. The molecule has 0 heterocycles. The molecule has 2 aromatic carbocycles. The number of ether oxygens (including phenoxy) is 3. The molecular formula is C20H26FN3O3.